The van der Waals surface area contributed by atoms with E-state index < -0.39 is 0 Å². The maximum Gasteiger partial charge on any atom is 0.123 e. The first kappa shape index (κ1) is 13.4. The summed E-state index contributed by atoms with van der Waals surface area (Å²) in [5.74, 6) is -0.198. The minimum Gasteiger partial charge on any atom is -0.207 e. The van der Waals surface area contributed by atoms with Gasteiger partial charge < -0.3 is 0 Å². The van der Waals surface area contributed by atoms with E-state index in [1.807, 2.05) is 12.1 Å². The van der Waals surface area contributed by atoms with Crippen molar-refractivity contribution in [3.05, 3.63) is 65.8 Å². The number of rotatable bonds is 3. The summed E-state index contributed by atoms with van der Waals surface area (Å²) in [4.78, 5) is 2.44. The molecule has 2 aromatic carbocycles. The van der Waals surface area contributed by atoms with Gasteiger partial charge in [0.25, 0.3) is 0 Å². The van der Waals surface area contributed by atoms with Crippen molar-refractivity contribution >= 4 is 23.1 Å². The van der Waals surface area contributed by atoms with Gasteiger partial charge in [0.2, 0.25) is 0 Å². The number of benzene rings is 2. The molecule has 0 saturated carbocycles. The Morgan fingerprint density at radius 3 is 2.15 bits per heavy atom. The van der Waals surface area contributed by atoms with E-state index in [0.717, 1.165) is 5.56 Å². The number of thioether (sulfide) groups is 1. The molecule has 0 spiro atoms. The molecule has 100 valence electrons. The molecular weight excluding hydrogens is 287 g/mol. The lowest BCUT2D eigenvalue weighted by atomic mass is 10.0. The lowest BCUT2D eigenvalue weighted by Gasteiger charge is -2.05. The standard InChI is InChI=1S/C17H13FS2/c1-19-15-8-4-12(5-9-15)16-10-11-20-17(16)13-2-6-14(18)7-3-13/h2-11H,1H3. The van der Waals surface area contributed by atoms with Gasteiger partial charge >= 0.3 is 0 Å². The summed E-state index contributed by atoms with van der Waals surface area (Å²) in [6, 6.07) is 17.4. The second-order valence-corrected chi connectivity index (χ2v) is 6.19. The summed E-state index contributed by atoms with van der Waals surface area (Å²) in [5, 5.41) is 2.08. The van der Waals surface area contributed by atoms with E-state index in [1.165, 1.54) is 33.0 Å². The minimum atomic E-state index is -0.198. The molecule has 0 atom stereocenters. The third-order valence-electron chi connectivity index (χ3n) is 3.17. The van der Waals surface area contributed by atoms with Crippen LogP contribution >= 0.6 is 23.1 Å². The van der Waals surface area contributed by atoms with Gasteiger partial charge in [-0.25, -0.2) is 4.39 Å². The van der Waals surface area contributed by atoms with Gasteiger partial charge in [0.1, 0.15) is 5.82 Å². The van der Waals surface area contributed by atoms with Crippen LogP contribution in [0.2, 0.25) is 0 Å². The van der Waals surface area contributed by atoms with Gasteiger partial charge in [-0.2, -0.15) is 0 Å². The van der Waals surface area contributed by atoms with E-state index >= 15 is 0 Å². The molecule has 0 aliphatic heterocycles. The Bertz CT molecular complexity index is 697. The Kier molecular flexibility index (Phi) is 3.90. The van der Waals surface area contributed by atoms with Gasteiger partial charge in [0.05, 0.1) is 0 Å². The van der Waals surface area contributed by atoms with Crippen LogP contribution < -0.4 is 0 Å². The molecule has 0 bridgehead atoms. The Hall–Kier alpha value is -1.58. The predicted molar refractivity (Wildman–Crippen MR) is 86.9 cm³/mol. The van der Waals surface area contributed by atoms with Crippen molar-refractivity contribution in [1.82, 2.24) is 0 Å². The fourth-order valence-corrected chi connectivity index (χ4v) is 3.47. The Morgan fingerprint density at radius 1 is 0.850 bits per heavy atom. The average Bonchev–Trinajstić information content (AvgIpc) is 2.97. The summed E-state index contributed by atoms with van der Waals surface area (Å²) >= 11 is 3.42. The second kappa shape index (κ2) is 5.81. The molecule has 3 rings (SSSR count). The monoisotopic (exact) mass is 300 g/mol. The topological polar surface area (TPSA) is 0 Å². The average molecular weight is 300 g/mol. The number of halogens is 1. The van der Waals surface area contributed by atoms with Gasteiger partial charge in [0.15, 0.2) is 0 Å². The molecule has 0 aliphatic rings. The van der Waals surface area contributed by atoms with Crippen molar-refractivity contribution in [3.63, 3.8) is 0 Å². The first-order chi connectivity index (χ1) is 9.78. The van der Waals surface area contributed by atoms with Crippen molar-refractivity contribution < 1.29 is 4.39 Å². The van der Waals surface area contributed by atoms with Crippen LogP contribution in [0.1, 0.15) is 0 Å². The molecule has 0 nitrogen and oxygen atoms in total. The summed E-state index contributed by atoms with van der Waals surface area (Å²) in [6.07, 6.45) is 2.07. The van der Waals surface area contributed by atoms with Crippen LogP contribution in [0.3, 0.4) is 0 Å². The van der Waals surface area contributed by atoms with Gasteiger partial charge in [-0.1, -0.05) is 24.3 Å². The lowest BCUT2D eigenvalue weighted by molar-refractivity contribution is 0.628. The summed E-state index contributed by atoms with van der Waals surface area (Å²) in [6.45, 7) is 0. The fraction of sp³-hybridized carbons (Fsp3) is 0.0588. The largest absolute Gasteiger partial charge is 0.207 e. The molecule has 0 saturated heterocycles. The Labute approximate surface area is 126 Å². The highest BCUT2D eigenvalue weighted by molar-refractivity contribution is 7.98. The van der Waals surface area contributed by atoms with Gasteiger partial charge in [-0.05, 0) is 53.1 Å². The van der Waals surface area contributed by atoms with E-state index in [9.17, 15) is 4.39 Å². The molecule has 0 N–H and O–H groups in total. The van der Waals surface area contributed by atoms with Crippen molar-refractivity contribution in [3.8, 4) is 21.6 Å². The zero-order valence-corrected chi connectivity index (χ0v) is 12.6. The highest BCUT2D eigenvalue weighted by Crippen LogP contribution is 2.37. The van der Waals surface area contributed by atoms with E-state index in [4.69, 9.17) is 0 Å². The van der Waals surface area contributed by atoms with E-state index in [2.05, 4.69) is 42.0 Å². The summed E-state index contributed by atoms with van der Waals surface area (Å²) < 4.78 is 13.0. The molecule has 3 aromatic rings. The van der Waals surface area contributed by atoms with Crippen molar-refractivity contribution in [1.29, 1.82) is 0 Å². The Morgan fingerprint density at radius 2 is 1.50 bits per heavy atom. The molecule has 1 aromatic heterocycles. The van der Waals surface area contributed by atoms with E-state index in [-0.39, 0.29) is 5.82 Å². The van der Waals surface area contributed by atoms with Crippen molar-refractivity contribution in [2.75, 3.05) is 6.26 Å². The number of thiophene rings is 1. The van der Waals surface area contributed by atoms with Gasteiger partial charge in [-0.15, -0.1) is 23.1 Å². The molecular formula is C17H13FS2. The fourth-order valence-electron chi connectivity index (χ4n) is 2.13. The SMILES string of the molecule is CSc1ccc(-c2ccsc2-c2ccc(F)cc2)cc1. The van der Waals surface area contributed by atoms with Crippen LogP contribution in [0, 0.1) is 5.82 Å². The molecule has 0 amide bonds. The van der Waals surface area contributed by atoms with Gasteiger partial charge in [-0.3, -0.25) is 0 Å². The van der Waals surface area contributed by atoms with Gasteiger partial charge in [0, 0.05) is 15.3 Å². The van der Waals surface area contributed by atoms with Crippen LogP contribution in [0.25, 0.3) is 21.6 Å². The normalized spacial score (nSPS) is 10.7. The van der Waals surface area contributed by atoms with Crippen LogP contribution in [-0.2, 0) is 0 Å². The van der Waals surface area contributed by atoms with Crippen LogP contribution in [0.4, 0.5) is 4.39 Å². The second-order valence-electron chi connectivity index (χ2n) is 4.40. The quantitative estimate of drug-likeness (QED) is 0.539. The van der Waals surface area contributed by atoms with E-state index in [0.29, 0.717) is 0 Å². The molecule has 1 heterocycles. The third-order valence-corrected chi connectivity index (χ3v) is 4.88. The molecule has 20 heavy (non-hydrogen) atoms. The Balaban J connectivity index is 2.02. The van der Waals surface area contributed by atoms with Crippen molar-refractivity contribution in [2.24, 2.45) is 0 Å². The van der Waals surface area contributed by atoms with E-state index in [1.54, 1.807) is 23.1 Å². The highest BCUT2D eigenvalue weighted by Gasteiger charge is 2.09. The smallest absolute Gasteiger partial charge is 0.123 e. The molecule has 0 radical (unpaired) electrons. The predicted octanol–water partition coefficient (Wildman–Crippen LogP) is 5.94. The molecule has 0 fully saturated rings. The summed E-state index contributed by atoms with van der Waals surface area (Å²) in [5.41, 5.74) is 3.46. The summed E-state index contributed by atoms with van der Waals surface area (Å²) in [7, 11) is 0. The maximum atomic E-state index is 13.0. The van der Waals surface area contributed by atoms with Crippen LogP contribution in [0.5, 0.6) is 0 Å². The maximum absolute atomic E-state index is 13.0. The lowest BCUT2D eigenvalue weighted by Crippen LogP contribution is -1.80. The van der Waals surface area contributed by atoms with Crippen molar-refractivity contribution in [2.45, 2.75) is 4.90 Å². The molecule has 0 aliphatic carbocycles. The third kappa shape index (κ3) is 2.65. The first-order valence-electron chi connectivity index (χ1n) is 6.26. The molecule has 3 heteroatoms. The van der Waals surface area contributed by atoms with Crippen LogP contribution in [0.15, 0.2) is 64.9 Å². The zero-order valence-electron chi connectivity index (χ0n) is 11.0. The first-order valence-corrected chi connectivity index (χ1v) is 8.36. The minimum absolute atomic E-state index is 0.198. The zero-order chi connectivity index (χ0) is 13.9. The highest BCUT2D eigenvalue weighted by atomic mass is 32.2. The molecule has 0 unspecified atom stereocenters. The number of hydrogen-bond acceptors (Lipinski definition) is 2. The van der Waals surface area contributed by atoms with Crippen LogP contribution in [-0.4, -0.2) is 6.26 Å². The number of hydrogen-bond donors (Lipinski definition) is 0.